The summed E-state index contributed by atoms with van der Waals surface area (Å²) >= 11 is 3.22. The zero-order valence-electron chi connectivity index (χ0n) is 10.9. The fraction of sp³-hybridized carbons (Fsp3) is 0.250. The molecule has 0 atom stereocenters. The van der Waals surface area contributed by atoms with Crippen molar-refractivity contribution in [2.45, 2.75) is 18.3 Å². The number of rotatable bonds is 2. The summed E-state index contributed by atoms with van der Waals surface area (Å²) in [5, 5.41) is 0.448. The molecular weight excluding hydrogens is 324 g/mol. The molecule has 0 spiro atoms. The molecule has 0 aliphatic carbocycles. The lowest BCUT2D eigenvalue weighted by atomic mass is 9.99. The van der Waals surface area contributed by atoms with Crippen LogP contribution in [-0.4, -0.2) is 6.54 Å². The van der Waals surface area contributed by atoms with Gasteiger partial charge in [0.2, 0.25) is 0 Å². The largest absolute Gasteiger partial charge is 0.362 e. The molecule has 0 unspecified atom stereocenters. The first-order valence-corrected chi connectivity index (χ1v) is 7.67. The van der Waals surface area contributed by atoms with E-state index >= 15 is 0 Å². The van der Waals surface area contributed by atoms with Crippen molar-refractivity contribution in [3.8, 4) is 0 Å². The van der Waals surface area contributed by atoms with Crippen molar-refractivity contribution in [2.24, 2.45) is 0 Å². The third-order valence-corrected chi connectivity index (χ3v) is 4.33. The molecule has 104 valence electrons. The van der Waals surface area contributed by atoms with Gasteiger partial charge in [-0.1, -0.05) is 40.2 Å². The summed E-state index contributed by atoms with van der Waals surface area (Å²) in [5.74, 6) is -0.974. The first kappa shape index (κ1) is 13.6. The highest BCUT2D eigenvalue weighted by Crippen LogP contribution is 2.30. The highest BCUT2D eigenvalue weighted by Gasteiger charge is 2.22. The lowest BCUT2D eigenvalue weighted by molar-refractivity contribution is 0.562. The average molecular weight is 338 g/mol. The van der Waals surface area contributed by atoms with E-state index in [1.807, 2.05) is 18.2 Å². The molecule has 0 aromatic heterocycles. The average Bonchev–Trinajstić information content (AvgIpc) is 2.46. The van der Waals surface area contributed by atoms with Gasteiger partial charge in [-0.05, 0) is 35.2 Å². The molecule has 0 radical (unpaired) electrons. The van der Waals surface area contributed by atoms with Crippen molar-refractivity contribution in [2.75, 3.05) is 11.4 Å². The first-order valence-electron chi connectivity index (χ1n) is 6.54. The van der Waals surface area contributed by atoms with E-state index in [2.05, 4.69) is 22.0 Å². The van der Waals surface area contributed by atoms with Crippen LogP contribution in [0.4, 0.5) is 14.5 Å². The van der Waals surface area contributed by atoms with Gasteiger partial charge in [0, 0.05) is 18.4 Å². The fourth-order valence-corrected chi connectivity index (χ4v) is 3.01. The van der Waals surface area contributed by atoms with Gasteiger partial charge in [-0.15, -0.1) is 0 Å². The molecule has 1 nitrogen and oxygen atoms in total. The Morgan fingerprint density at radius 3 is 2.35 bits per heavy atom. The standard InChI is InChI=1S/C16H14BrF2N/c17-9-11-7-14(18)16(15(19)8-11)20-6-5-12-3-1-2-4-13(12)10-20/h1-4,7-8H,5-6,9-10H2. The van der Waals surface area contributed by atoms with E-state index in [1.165, 1.54) is 17.7 Å². The van der Waals surface area contributed by atoms with Crippen molar-refractivity contribution in [1.82, 2.24) is 0 Å². The highest BCUT2D eigenvalue weighted by molar-refractivity contribution is 9.08. The fourth-order valence-electron chi connectivity index (χ4n) is 2.68. The van der Waals surface area contributed by atoms with Crippen LogP contribution in [0, 0.1) is 11.6 Å². The second kappa shape index (κ2) is 5.52. The summed E-state index contributed by atoms with van der Waals surface area (Å²) in [4.78, 5) is 1.78. The van der Waals surface area contributed by atoms with Gasteiger partial charge in [0.05, 0.1) is 0 Å². The van der Waals surface area contributed by atoms with Crippen LogP contribution < -0.4 is 4.90 Å². The number of anilines is 1. The molecule has 1 heterocycles. The molecule has 0 bridgehead atoms. The summed E-state index contributed by atoms with van der Waals surface area (Å²) in [6.45, 7) is 1.19. The van der Waals surface area contributed by atoms with Gasteiger partial charge in [0.1, 0.15) is 17.3 Å². The van der Waals surface area contributed by atoms with Crippen molar-refractivity contribution >= 4 is 21.6 Å². The van der Waals surface area contributed by atoms with Gasteiger partial charge in [-0.25, -0.2) is 8.78 Å². The van der Waals surface area contributed by atoms with Crippen molar-refractivity contribution in [3.63, 3.8) is 0 Å². The summed E-state index contributed by atoms with van der Waals surface area (Å²) in [6, 6.07) is 10.8. The number of hydrogen-bond acceptors (Lipinski definition) is 1. The van der Waals surface area contributed by atoms with Gasteiger partial charge in [-0.3, -0.25) is 0 Å². The van der Waals surface area contributed by atoms with Crippen molar-refractivity contribution < 1.29 is 8.78 Å². The summed E-state index contributed by atoms with van der Waals surface area (Å²) in [6.07, 6.45) is 0.815. The minimum atomic E-state index is -0.487. The Bertz CT molecular complexity index is 619. The third kappa shape index (κ3) is 2.44. The van der Waals surface area contributed by atoms with E-state index in [-0.39, 0.29) is 5.69 Å². The van der Waals surface area contributed by atoms with E-state index in [9.17, 15) is 8.78 Å². The molecule has 0 amide bonds. The smallest absolute Gasteiger partial charge is 0.149 e. The normalized spacial score (nSPS) is 14.2. The Labute approximate surface area is 125 Å². The number of nitrogens with zero attached hydrogens (tertiary/aromatic N) is 1. The molecule has 2 aromatic carbocycles. The number of halogens is 3. The molecule has 1 aliphatic heterocycles. The number of alkyl halides is 1. The molecule has 2 aromatic rings. The lowest BCUT2D eigenvalue weighted by Crippen LogP contribution is -2.31. The SMILES string of the molecule is Fc1cc(CBr)cc(F)c1N1CCc2ccccc2C1. The quantitative estimate of drug-likeness (QED) is 0.733. The van der Waals surface area contributed by atoms with E-state index < -0.39 is 11.6 Å². The zero-order chi connectivity index (χ0) is 14.1. The maximum Gasteiger partial charge on any atom is 0.149 e. The van der Waals surface area contributed by atoms with Crippen LogP contribution in [0.5, 0.6) is 0 Å². The van der Waals surface area contributed by atoms with E-state index in [0.717, 1.165) is 12.0 Å². The highest BCUT2D eigenvalue weighted by atomic mass is 79.9. The van der Waals surface area contributed by atoms with E-state index in [1.54, 1.807) is 4.90 Å². The maximum absolute atomic E-state index is 14.2. The Morgan fingerprint density at radius 2 is 1.70 bits per heavy atom. The summed E-state index contributed by atoms with van der Waals surface area (Å²) in [5.41, 5.74) is 3.11. The van der Waals surface area contributed by atoms with Crippen molar-refractivity contribution in [1.29, 1.82) is 0 Å². The number of benzene rings is 2. The van der Waals surface area contributed by atoms with Crippen LogP contribution in [0.2, 0.25) is 0 Å². The Balaban J connectivity index is 1.96. The predicted molar refractivity (Wildman–Crippen MR) is 80.2 cm³/mol. The first-order chi connectivity index (χ1) is 9.69. The monoisotopic (exact) mass is 337 g/mol. The summed E-state index contributed by atoms with van der Waals surface area (Å²) in [7, 11) is 0. The van der Waals surface area contributed by atoms with E-state index in [4.69, 9.17) is 0 Å². The molecular formula is C16H14BrF2N. The molecule has 20 heavy (non-hydrogen) atoms. The van der Waals surface area contributed by atoms with Gasteiger partial charge < -0.3 is 4.90 Å². The van der Waals surface area contributed by atoms with Gasteiger partial charge in [0.15, 0.2) is 0 Å². The predicted octanol–water partition coefficient (Wildman–Crippen LogP) is 4.42. The van der Waals surface area contributed by atoms with Crippen LogP contribution in [0.25, 0.3) is 0 Å². The molecule has 0 fully saturated rings. The van der Waals surface area contributed by atoms with Crippen LogP contribution >= 0.6 is 15.9 Å². The minimum absolute atomic E-state index is 0.0872. The minimum Gasteiger partial charge on any atom is -0.362 e. The Kier molecular flexibility index (Phi) is 3.74. The van der Waals surface area contributed by atoms with Gasteiger partial charge >= 0.3 is 0 Å². The topological polar surface area (TPSA) is 3.24 Å². The molecule has 0 saturated carbocycles. The van der Waals surface area contributed by atoms with Crippen LogP contribution in [-0.2, 0) is 18.3 Å². The number of fused-ring (bicyclic) bond motifs is 1. The molecule has 1 aliphatic rings. The van der Waals surface area contributed by atoms with E-state index in [0.29, 0.717) is 24.0 Å². The van der Waals surface area contributed by atoms with Crippen LogP contribution in [0.15, 0.2) is 36.4 Å². The Hall–Kier alpha value is -1.42. The summed E-state index contributed by atoms with van der Waals surface area (Å²) < 4.78 is 28.3. The second-order valence-electron chi connectivity index (χ2n) is 4.98. The third-order valence-electron chi connectivity index (χ3n) is 3.68. The van der Waals surface area contributed by atoms with Crippen LogP contribution in [0.3, 0.4) is 0 Å². The zero-order valence-corrected chi connectivity index (χ0v) is 12.5. The van der Waals surface area contributed by atoms with Crippen LogP contribution in [0.1, 0.15) is 16.7 Å². The maximum atomic E-state index is 14.2. The molecule has 0 N–H and O–H groups in total. The second-order valence-corrected chi connectivity index (χ2v) is 5.54. The number of hydrogen-bond donors (Lipinski definition) is 0. The molecule has 0 saturated heterocycles. The van der Waals surface area contributed by atoms with Gasteiger partial charge in [-0.2, -0.15) is 0 Å². The molecule has 3 rings (SSSR count). The Morgan fingerprint density at radius 1 is 1.05 bits per heavy atom. The lowest BCUT2D eigenvalue weighted by Gasteiger charge is -2.31. The van der Waals surface area contributed by atoms with Gasteiger partial charge in [0.25, 0.3) is 0 Å². The van der Waals surface area contributed by atoms with Crippen molar-refractivity contribution in [3.05, 3.63) is 64.7 Å². The molecule has 4 heteroatoms.